The van der Waals surface area contributed by atoms with Crippen LogP contribution in [0.3, 0.4) is 0 Å². The van der Waals surface area contributed by atoms with Gasteiger partial charge in [-0.15, -0.1) is 0 Å². The molecule has 0 aliphatic heterocycles. The molecular formula is C6H7O4Sm. The third-order valence-corrected chi connectivity index (χ3v) is 0.355. The van der Waals surface area contributed by atoms with Gasteiger partial charge in [0.05, 0.1) is 11.9 Å². The van der Waals surface area contributed by atoms with E-state index in [1.54, 1.807) is 38.3 Å². The summed E-state index contributed by atoms with van der Waals surface area (Å²) in [5.41, 5.74) is 0. The average Bonchev–Trinajstić information content (AvgIpc) is 1.85. The minimum Gasteiger partial charge on any atom is -0.545 e. The van der Waals surface area contributed by atoms with Gasteiger partial charge in [-0.2, -0.15) is 0 Å². The van der Waals surface area contributed by atoms with Gasteiger partial charge >= 0.3 is 47.4 Å². The van der Waals surface area contributed by atoms with Crippen molar-refractivity contribution in [1.29, 1.82) is 0 Å². The first-order valence-corrected chi connectivity index (χ1v) is 4.58. The van der Waals surface area contributed by atoms with Gasteiger partial charge in [-0.25, -0.2) is 0 Å². The first-order chi connectivity index (χ1) is 5.04. The van der Waals surface area contributed by atoms with Crippen LogP contribution >= 0.6 is 0 Å². The van der Waals surface area contributed by atoms with Crippen molar-refractivity contribution in [3.8, 4) is 0 Å². The minimum atomic E-state index is -1.55. The minimum absolute atomic E-state index is 0.384. The Morgan fingerprint density at radius 1 is 1.27 bits per heavy atom. The van der Waals surface area contributed by atoms with Crippen molar-refractivity contribution in [2.24, 2.45) is 0 Å². The molecule has 0 aliphatic carbocycles. The first-order valence-electron chi connectivity index (χ1n) is 2.72. The van der Waals surface area contributed by atoms with E-state index < -0.39 is 11.9 Å². The Bertz CT molecular complexity index is 137. The molecule has 0 rings (SSSR count). The average molecular weight is 293 g/mol. The van der Waals surface area contributed by atoms with E-state index in [0.29, 0.717) is 12.2 Å². The second-order valence-electron chi connectivity index (χ2n) is 1.26. The van der Waals surface area contributed by atoms with E-state index in [1.807, 2.05) is 0 Å². The molecule has 0 radical (unpaired) electrons. The Balaban J connectivity index is 0. The molecule has 0 aromatic carbocycles. The Hall–Kier alpha value is 0.0177. The van der Waals surface area contributed by atoms with Crippen LogP contribution in [-0.4, -0.2) is 11.9 Å². The predicted octanol–water partition coefficient (Wildman–Crippen LogP) is -1.98. The number of carboxylic acids is 2. The topological polar surface area (TPSA) is 80.3 Å². The fourth-order valence-electron chi connectivity index (χ4n) is 0.136. The number of aliphatic carboxylic acids is 2. The molecule has 0 atom stereocenters. The molecule has 0 bridgehead atoms. The van der Waals surface area contributed by atoms with E-state index in [9.17, 15) is 19.8 Å². The molecule has 5 heteroatoms. The van der Waals surface area contributed by atoms with Crippen molar-refractivity contribution in [3.05, 3.63) is 12.2 Å². The molecule has 0 spiro atoms. The van der Waals surface area contributed by atoms with Crippen LogP contribution in [-0.2, 0) is 9.59 Å². The zero-order chi connectivity index (χ0) is 9.28. The number of hydrogen-bond acceptors (Lipinski definition) is 4. The molecule has 0 saturated heterocycles. The van der Waals surface area contributed by atoms with Crippen LogP contribution in [0.25, 0.3) is 0 Å². The van der Waals surface area contributed by atoms with Crippen LogP contribution in [0.4, 0.5) is 0 Å². The van der Waals surface area contributed by atoms with Crippen LogP contribution in [0.1, 0.15) is 6.92 Å². The van der Waals surface area contributed by atoms with Gasteiger partial charge in [-0.05, 0) is 12.2 Å². The smallest absolute Gasteiger partial charge is 0.0643 e. The van der Waals surface area contributed by atoms with Gasteiger partial charge in [0.25, 0.3) is 0 Å². The summed E-state index contributed by atoms with van der Waals surface area (Å²) >= 11 is 1.67. The van der Waals surface area contributed by atoms with Crippen molar-refractivity contribution in [3.63, 3.8) is 0 Å². The fraction of sp³-hybridized carbons (Fsp3) is 0.333. The molecular weight excluding hydrogens is 286 g/mol. The number of carbonyl (C=O) groups excluding carboxylic acids is 2. The van der Waals surface area contributed by atoms with Gasteiger partial charge in [0.2, 0.25) is 0 Å². The third-order valence-electron chi connectivity index (χ3n) is 0.355. The van der Waals surface area contributed by atoms with Crippen molar-refractivity contribution in [1.82, 2.24) is 0 Å². The molecule has 0 heterocycles. The molecule has 4 nitrogen and oxygen atoms in total. The molecule has 0 fully saturated rings. The fourth-order valence-corrected chi connectivity index (χ4v) is 0.136. The third kappa shape index (κ3) is 25.6. The number of hydrogen-bond donors (Lipinski definition) is 0. The van der Waals surface area contributed by atoms with Gasteiger partial charge in [0, 0.05) is 0 Å². The summed E-state index contributed by atoms with van der Waals surface area (Å²) in [5, 5.41) is 18.8. The predicted molar refractivity (Wildman–Crippen MR) is 29.6 cm³/mol. The Labute approximate surface area is 90.6 Å². The van der Waals surface area contributed by atoms with E-state index in [4.69, 9.17) is 0 Å². The monoisotopic (exact) mass is 295 g/mol. The zero-order valence-corrected chi connectivity index (χ0v) is 8.52. The summed E-state index contributed by atoms with van der Waals surface area (Å²) in [4.78, 5) is 18.8. The second kappa shape index (κ2) is 10.0. The Kier molecular flexibility index (Phi) is 12.4. The molecule has 0 amide bonds. The maximum absolute atomic E-state index is 9.41. The molecule has 0 aromatic rings. The van der Waals surface area contributed by atoms with E-state index >= 15 is 0 Å². The number of carboxylic acid groups (broad SMARTS) is 2. The van der Waals surface area contributed by atoms with Gasteiger partial charge in [-0.1, -0.05) is 0 Å². The van der Waals surface area contributed by atoms with Gasteiger partial charge < -0.3 is 19.8 Å². The Morgan fingerprint density at radius 2 is 1.45 bits per heavy atom. The molecule has 0 aliphatic rings. The van der Waals surface area contributed by atoms with Crippen molar-refractivity contribution >= 4 is 11.9 Å². The van der Waals surface area contributed by atoms with Crippen LogP contribution in [0.15, 0.2) is 12.2 Å². The molecule has 11 heavy (non-hydrogen) atoms. The van der Waals surface area contributed by atoms with E-state index in [0.717, 1.165) is 0 Å². The number of rotatable bonds is 2. The molecule has 61 valence electrons. The van der Waals surface area contributed by atoms with Gasteiger partial charge in [0.1, 0.15) is 0 Å². The van der Waals surface area contributed by atoms with Crippen molar-refractivity contribution in [2.45, 2.75) is 9.06 Å². The van der Waals surface area contributed by atoms with Crippen LogP contribution in [0, 0.1) is 38.3 Å². The largest absolute Gasteiger partial charge is 0.545 e. The quantitative estimate of drug-likeness (QED) is 0.553. The standard InChI is InChI=1S/C4H4O4.C2H5.Sm/c5-3(6)1-2-4(7)8;1-2;/h1-2H,(H,5,6)(H,7,8);1H2,2H3;/q;;+2/p-2/b2-1-;;. The van der Waals surface area contributed by atoms with E-state index in [1.165, 1.54) is 2.14 Å². The number of carbonyl (C=O) groups is 2. The summed E-state index contributed by atoms with van der Waals surface area (Å²) in [7, 11) is 0. The van der Waals surface area contributed by atoms with Crippen LogP contribution in [0.5, 0.6) is 0 Å². The van der Waals surface area contributed by atoms with Crippen LogP contribution < -0.4 is 10.2 Å². The van der Waals surface area contributed by atoms with E-state index in [-0.39, 0.29) is 0 Å². The van der Waals surface area contributed by atoms with Gasteiger partial charge in [-0.3, -0.25) is 0 Å². The second-order valence-corrected chi connectivity index (χ2v) is 3.11. The summed E-state index contributed by atoms with van der Waals surface area (Å²) < 4.78 is 1.33. The van der Waals surface area contributed by atoms with Crippen LogP contribution in [0.2, 0.25) is 2.14 Å². The van der Waals surface area contributed by atoms with Crippen molar-refractivity contribution in [2.75, 3.05) is 0 Å². The summed E-state index contributed by atoms with van der Waals surface area (Å²) in [6, 6.07) is 0. The molecule has 0 saturated carbocycles. The molecule has 0 aromatic heterocycles. The van der Waals surface area contributed by atoms with Gasteiger partial charge in [0.15, 0.2) is 0 Å². The normalized spacial score (nSPS) is 8.36. The van der Waals surface area contributed by atoms with Crippen molar-refractivity contribution < 1.29 is 58.1 Å². The SMILES string of the molecule is C[CH2][Sm+2].O=C([O-])/C=C\C(=O)[O-]. The molecule has 0 unspecified atom stereocenters. The Morgan fingerprint density at radius 3 is 1.55 bits per heavy atom. The summed E-state index contributed by atoms with van der Waals surface area (Å²) in [5.74, 6) is -3.09. The summed E-state index contributed by atoms with van der Waals surface area (Å²) in [6.45, 7) is 2.16. The maximum atomic E-state index is 9.41. The maximum Gasteiger partial charge on any atom is 0.0643 e. The summed E-state index contributed by atoms with van der Waals surface area (Å²) in [6.07, 6.45) is 0.769. The molecule has 0 N–H and O–H groups in total. The zero-order valence-electron chi connectivity index (χ0n) is 5.90. The van der Waals surface area contributed by atoms with E-state index in [2.05, 4.69) is 6.92 Å². The first kappa shape index (κ1) is 13.6.